The minimum atomic E-state index is 0. The monoisotopic (exact) mass is 279 g/mol. The van der Waals surface area contributed by atoms with Gasteiger partial charge in [-0.15, -0.1) is 0 Å². The molecule has 1 nitrogen and oxygen atoms in total. The molecule has 0 aromatic carbocycles. The first kappa shape index (κ1) is 11.0. The molecule has 0 unspecified atom stereocenters. The van der Waals surface area contributed by atoms with Gasteiger partial charge < -0.3 is 17.8 Å². The normalized spacial score (nSPS) is 9.38. The van der Waals surface area contributed by atoms with Gasteiger partial charge in [0.15, 0.2) is 0 Å². The number of nitrogens with zero attached hydrogens (tertiary/aromatic N) is 1. The van der Waals surface area contributed by atoms with Gasteiger partial charge in [0.05, 0.1) is 0 Å². The predicted molar refractivity (Wildman–Crippen MR) is 31.1 cm³/mol. The van der Waals surface area contributed by atoms with Gasteiger partial charge >= 0.3 is 21.1 Å². The number of hydrogen-bond donors (Lipinski definition) is 0. The van der Waals surface area contributed by atoms with Crippen LogP contribution in [-0.4, -0.2) is 6.21 Å². The van der Waals surface area contributed by atoms with Crippen molar-refractivity contribution in [3.63, 3.8) is 0 Å². The van der Waals surface area contributed by atoms with E-state index >= 15 is 0 Å². The van der Waals surface area contributed by atoms with Gasteiger partial charge in [-0.1, -0.05) is 19.8 Å². The van der Waals surface area contributed by atoms with Crippen molar-refractivity contribution in [1.82, 2.24) is 0 Å². The first-order valence-electron chi connectivity index (χ1n) is 2.26. The minimum Gasteiger partial charge on any atom is -0.601 e. The average Bonchev–Trinajstić information content (AvgIpc) is 1.61. The van der Waals surface area contributed by atoms with E-state index in [1.165, 1.54) is 6.20 Å². The van der Waals surface area contributed by atoms with Gasteiger partial charge in [0.2, 0.25) is 0 Å². The van der Waals surface area contributed by atoms with Crippen LogP contribution < -0.4 is 0 Å². The molecule has 0 saturated heterocycles. The van der Waals surface area contributed by atoms with E-state index in [9.17, 15) is 0 Å². The van der Waals surface area contributed by atoms with Crippen LogP contribution in [0.5, 0.6) is 0 Å². The molecule has 0 aliphatic heterocycles. The quantitative estimate of drug-likeness (QED) is 0.537. The summed E-state index contributed by atoms with van der Waals surface area (Å²) in [5.41, 5.74) is 0. The standard InChI is InChI=1S/C6H9N.W/c1-4-7-5-6(2)3;/h1,4,6H,2-3H3;/q-2;+2. The molecule has 8 heavy (non-hydrogen) atoms. The molecule has 0 saturated carbocycles. The fourth-order valence-electron chi connectivity index (χ4n) is 0.192. The average molecular weight is 279 g/mol. The maximum atomic E-state index is 4.92. The van der Waals surface area contributed by atoms with Crippen LogP contribution in [0, 0.1) is 12.5 Å². The van der Waals surface area contributed by atoms with Gasteiger partial charge in [-0.3, -0.25) is 0 Å². The van der Waals surface area contributed by atoms with Crippen LogP contribution in [0.25, 0.3) is 0 Å². The Morgan fingerprint density at radius 1 is 1.62 bits per heavy atom. The summed E-state index contributed by atoms with van der Waals surface area (Å²) in [6, 6.07) is 0. The Bertz CT molecular complexity index is 76.6. The van der Waals surface area contributed by atoms with Crippen molar-refractivity contribution >= 4 is 6.21 Å². The molecule has 0 bridgehead atoms. The molecular weight excluding hydrogens is 270 g/mol. The van der Waals surface area contributed by atoms with E-state index in [4.69, 9.17) is 6.58 Å². The van der Waals surface area contributed by atoms with E-state index in [2.05, 4.69) is 11.2 Å². The summed E-state index contributed by atoms with van der Waals surface area (Å²) < 4.78 is 0. The van der Waals surface area contributed by atoms with Crippen molar-refractivity contribution in [1.29, 1.82) is 0 Å². The largest absolute Gasteiger partial charge is 2.00 e. The SMILES string of the molecule is [CH-]=CN=[C-]C(C)C.[W+2]. The van der Waals surface area contributed by atoms with Crippen LogP contribution in [0.1, 0.15) is 13.8 Å². The van der Waals surface area contributed by atoms with Crippen molar-refractivity contribution in [3.05, 3.63) is 12.8 Å². The number of aliphatic imine (C=N–C) groups is 1. The van der Waals surface area contributed by atoms with Crippen LogP contribution in [0.4, 0.5) is 0 Å². The molecule has 0 spiro atoms. The molecule has 44 valence electrons. The first-order chi connectivity index (χ1) is 3.27. The van der Waals surface area contributed by atoms with E-state index in [1.54, 1.807) is 0 Å². The minimum absolute atomic E-state index is 0. The Labute approximate surface area is 65.2 Å². The second-order valence-corrected chi connectivity index (χ2v) is 1.56. The molecular formula is C6H9NW. The Morgan fingerprint density at radius 3 is 2.25 bits per heavy atom. The Kier molecular flexibility index (Phi) is 9.74. The van der Waals surface area contributed by atoms with Gasteiger partial charge in [-0.2, -0.15) is 6.21 Å². The zero-order valence-electron chi connectivity index (χ0n) is 5.09. The fraction of sp³-hybridized carbons (Fsp3) is 0.500. The van der Waals surface area contributed by atoms with Crippen LogP contribution in [0.2, 0.25) is 0 Å². The molecule has 0 N–H and O–H groups in total. The zero-order valence-corrected chi connectivity index (χ0v) is 8.02. The molecule has 0 aromatic heterocycles. The number of hydrogen-bond acceptors (Lipinski definition) is 1. The molecule has 0 aromatic rings. The molecule has 0 amide bonds. The smallest absolute Gasteiger partial charge is 0.601 e. The second kappa shape index (κ2) is 7.10. The molecule has 0 atom stereocenters. The summed E-state index contributed by atoms with van der Waals surface area (Å²) in [5.74, 6) is 0.375. The third-order valence-corrected chi connectivity index (χ3v) is 0.407. The third-order valence-electron chi connectivity index (χ3n) is 0.407. The summed E-state index contributed by atoms with van der Waals surface area (Å²) >= 11 is 0. The predicted octanol–water partition coefficient (Wildman–Crippen LogP) is 1.53. The van der Waals surface area contributed by atoms with E-state index < -0.39 is 0 Å². The van der Waals surface area contributed by atoms with Crippen LogP contribution in [0.3, 0.4) is 0 Å². The van der Waals surface area contributed by atoms with E-state index in [-0.39, 0.29) is 21.1 Å². The maximum absolute atomic E-state index is 4.92. The third kappa shape index (κ3) is 9.44. The molecule has 0 fully saturated rings. The van der Waals surface area contributed by atoms with E-state index in [0.29, 0.717) is 5.92 Å². The second-order valence-electron chi connectivity index (χ2n) is 1.56. The van der Waals surface area contributed by atoms with Gasteiger partial charge in [0, 0.05) is 0 Å². The van der Waals surface area contributed by atoms with Crippen molar-refractivity contribution in [2.24, 2.45) is 10.9 Å². The Balaban J connectivity index is 0. The molecule has 0 radical (unpaired) electrons. The van der Waals surface area contributed by atoms with Gasteiger partial charge in [-0.05, 0) is 0 Å². The first-order valence-corrected chi connectivity index (χ1v) is 2.26. The van der Waals surface area contributed by atoms with Crippen LogP contribution in [0.15, 0.2) is 11.2 Å². The van der Waals surface area contributed by atoms with Crippen LogP contribution in [-0.2, 0) is 21.1 Å². The fourth-order valence-corrected chi connectivity index (χ4v) is 0.192. The summed E-state index contributed by atoms with van der Waals surface area (Å²) in [4.78, 5) is 3.57. The van der Waals surface area contributed by atoms with Gasteiger partial charge in [-0.25, -0.2) is 0 Å². The van der Waals surface area contributed by atoms with Crippen LogP contribution >= 0.6 is 0 Å². The van der Waals surface area contributed by atoms with Crippen molar-refractivity contribution in [2.45, 2.75) is 13.8 Å². The van der Waals surface area contributed by atoms with E-state index in [1.807, 2.05) is 13.8 Å². The molecule has 0 rings (SSSR count). The van der Waals surface area contributed by atoms with Crippen molar-refractivity contribution < 1.29 is 21.1 Å². The van der Waals surface area contributed by atoms with Gasteiger partial charge in [0.1, 0.15) is 0 Å². The Morgan fingerprint density at radius 2 is 2.12 bits per heavy atom. The van der Waals surface area contributed by atoms with E-state index in [0.717, 1.165) is 0 Å². The summed E-state index contributed by atoms with van der Waals surface area (Å²) in [5, 5.41) is 0. The van der Waals surface area contributed by atoms with Gasteiger partial charge in [0.25, 0.3) is 0 Å². The molecule has 0 aliphatic rings. The maximum Gasteiger partial charge on any atom is 2.00 e. The zero-order chi connectivity index (χ0) is 5.70. The summed E-state index contributed by atoms with van der Waals surface area (Å²) in [6.07, 6.45) is 3.98. The topological polar surface area (TPSA) is 12.4 Å². The Hall–Kier alpha value is 0.0983. The number of rotatable bonds is 2. The molecule has 0 aliphatic carbocycles. The molecule has 2 heteroatoms. The van der Waals surface area contributed by atoms with Crippen molar-refractivity contribution in [3.8, 4) is 0 Å². The van der Waals surface area contributed by atoms with Crippen molar-refractivity contribution in [2.75, 3.05) is 0 Å². The summed E-state index contributed by atoms with van der Waals surface area (Å²) in [7, 11) is 0. The summed E-state index contributed by atoms with van der Waals surface area (Å²) in [6.45, 7) is 8.91. The molecule has 0 heterocycles.